The molecule has 22 heavy (non-hydrogen) atoms. The minimum absolute atomic E-state index is 0.208. The van der Waals surface area contributed by atoms with Crippen LogP contribution >= 0.6 is 0 Å². The molecule has 0 spiro atoms. The average Bonchev–Trinajstić information content (AvgIpc) is 2.40. The minimum atomic E-state index is -2.22. The van der Waals surface area contributed by atoms with Crippen LogP contribution in [0.4, 0.5) is 0 Å². The molecule has 1 aliphatic carbocycles. The zero-order chi connectivity index (χ0) is 16.9. The predicted octanol–water partition coefficient (Wildman–Crippen LogP) is -0.202. The normalized spacial score (nSPS) is 17.3. The molecular formula is C14H16O8. The number of aliphatic hydroxyl groups is 1. The monoisotopic (exact) mass is 312 g/mol. The van der Waals surface area contributed by atoms with Crippen molar-refractivity contribution in [3.05, 3.63) is 23.8 Å². The lowest BCUT2D eigenvalue weighted by molar-refractivity contribution is -0.207. The highest BCUT2D eigenvalue weighted by molar-refractivity contribution is 6.01. The van der Waals surface area contributed by atoms with Gasteiger partial charge in [-0.15, -0.1) is 0 Å². The van der Waals surface area contributed by atoms with Crippen molar-refractivity contribution in [3.8, 4) is 0 Å². The summed E-state index contributed by atoms with van der Waals surface area (Å²) in [6.07, 6.45) is 1.75. The Hall–Kier alpha value is -2.48. The first-order valence-corrected chi connectivity index (χ1v) is 6.29. The molecule has 8 nitrogen and oxygen atoms in total. The highest BCUT2D eigenvalue weighted by atomic mass is 16.7. The van der Waals surface area contributed by atoms with Gasteiger partial charge in [0.2, 0.25) is 5.78 Å². The molecule has 1 atom stereocenters. The molecule has 1 rings (SSSR count). The molecule has 1 aliphatic rings. The Morgan fingerprint density at radius 3 is 2.18 bits per heavy atom. The van der Waals surface area contributed by atoms with E-state index >= 15 is 0 Å². The van der Waals surface area contributed by atoms with E-state index < -0.39 is 35.6 Å². The van der Waals surface area contributed by atoms with Gasteiger partial charge in [-0.3, -0.25) is 14.4 Å². The van der Waals surface area contributed by atoms with Gasteiger partial charge in [0.05, 0.1) is 7.11 Å². The zero-order valence-corrected chi connectivity index (χ0v) is 12.3. The third kappa shape index (κ3) is 4.26. The second-order valence-corrected chi connectivity index (χ2v) is 4.51. The Bertz CT molecular complexity index is 541. The second-order valence-electron chi connectivity index (χ2n) is 4.51. The Morgan fingerprint density at radius 2 is 1.73 bits per heavy atom. The smallest absolute Gasteiger partial charge is 0.341 e. The topological polar surface area (TPSA) is 116 Å². The number of carbonyl (C=O) groups excluding carboxylic acids is 4. The average molecular weight is 312 g/mol. The van der Waals surface area contributed by atoms with Gasteiger partial charge in [0.15, 0.2) is 6.10 Å². The van der Waals surface area contributed by atoms with E-state index in [0.29, 0.717) is 0 Å². The van der Waals surface area contributed by atoms with Crippen LogP contribution in [-0.4, -0.2) is 47.8 Å². The van der Waals surface area contributed by atoms with Crippen molar-refractivity contribution >= 4 is 23.7 Å². The van der Waals surface area contributed by atoms with Gasteiger partial charge in [-0.05, 0) is 11.6 Å². The van der Waals surface area contributed by atoms with Crippen molar-refractivity contribution in [1.82, 2.24) is 0 Å². The predicted molar refractivity (Wildman–Crippen MR) is 71.1 cm³/mol. The van der Waals surface area contributed by atoms with Crippen LogP contribution in [0.3, 0.4) is 0 Å². The molecule has 0 aliphatic heterocycles. The van der Waals surface area contributed by atoms with E-state index in [0.717, 1.165) is 33.1 Å². The van der Waals surface area contributed by atoms with Gasteiger partial charge in [-0.25, -0.2) is 4.79 Å². The number of hydrogen-bond donors (Lipinski definition) is 1. The molecule has 0 radical (unpaired) electrons. The molecule has 8 heteroatoms. The number of ketones is 1. The summed E-state index contributed by atoms with van der Waals surface area (Å²) >= 11 is 0. The Morgan fingerprint density at radius 1 is 1.18 bits per heavy atom. The number of ether oxygens (including phenoxy) is 3. The first-order valence-electron chi connectivity index (χ1n) is 6.29. The molecule has 0 aromatic rings. The van der Waals surface area contributed by atoms with Crippen LogP contribution in [0.5, 0.6) is 0 Å². The molecule has 0 bridgehead atoms. The zero-order valence-electron chi connectivity index (χ0n) is 12.3. The standard InChI is InChI=1S/C14H16O8/c1-8(15)21-14(22-9(2)16)7-10(4-5-12(14)18)6-11(17)13(19)20-3/h4-5,7,11,17H,6H2,1-3H3/t11-/m0/s1. The summed E-state index contributed by atoms with van der Waals surface area (Å²) in [5.41, 5.74) is 0.264. The molecule has 0 heterocycles. The minimum Gasteiger partial charge on any atom is -0.467 e. The van der Waals surface area contributed by atoms with Gasteiger partial charge < -0.3 is 19.3 Å². The summed E-state index contributed by atoms with van der Waals surface area (Å²) in [4.78, 5) is 45.5. The Balaban J connectivity index is 3.11. The van der Waals surface area contributed by atoms with Crippen molar-refractivity contribution in [1.29, 1.82) is 0 Å². The molecule has 0 aromatic heterocycles. The van der Waals surface area contributed by atoms with Crippen LogP contribution in [0.2, 0.25) is 0 Å². The van der Waals surface area contributed by atoms with E-state index in [1.54, 1.807) is 0 Å². The molecule has 0 amide bonds. The number of aliphatic hydroxyl groups excluding tert-OH is 1. The van der Waals surface area contributed by atoms with Crippen LogP contribution in [0, 0.1) is 0 Å². The molecule has 0 saturated carbocycles. The third-order valence-electron chi connectivity index (χ3n) is 2.66. The lowest BCUT2D eigenvalue weighted by atomic mass is 9.96. The molecule has 0 fully saturated rings. The summed E-state index contributed by atoms with van der Waals surface area (Å²) in [6.45, 7) is 2.10. The number of rotatable bonds is 5. The van der Waals surface area contributed by atoms with Gasteiger partial charge in [0.25, 0.3) is 0 Å². The maximum atomic E-state index is 12.0. The van der Waals surface area contributed by atoms with Crippen molar-refractivity contribution in [3.63, 3.8) is 0 Å². The first-order chi connectivity index (χ1) is 10.2. The molecule has 120 valence electrons. The molecule has 1 N–H and O–H groups in total. The number of hydrogen-bond acceptors (Lipinski definition) is 8. The lowest BCUT2D eigenvalue weighted by Crippen LogP contribution is -2.46. The second kappa shape index (κ2) is 6.99. The van der Waals surface area contributed by atoms with Crippen LogP contribution in [0.1, 0.15) is 20.3 Å². The fourth-order valence-corrected chi connectivity index (χ4v) is 1.84. The number of allylic oxidation sites excluding steroid dienone is 1. The maximum Gasteiger partial charge on any atom is 0.341 e. The van der Waals surface area contributed by atoms with Gasteiger partial charge in [0, 0.05) is 26.3 Å². The van der Waals surface area contributed by atoms with E-state index in [-0.39, 0.29) is 12.0 Å². The van der Waals surface area contributed by atoms with Gasteiger partial charge in [0.1, 0.15) is 0 Å². The van der Waals surface area contributed by atoms with Crippen LogP contribution in [0.15, 0.2) is 23.8 Å². The third-order valence-corrected chi connectivity index (χ3v) is 2.66. The fraction of sp³-hybridized carbons (Fsp3) is 0.429. The Labute approximate surface area is 126 Å². The summed E-state index contributed by atoms with van der Waals surface area (Å²) in [5, 5.41) is 9.62. The summed E-state index contributed by atoms with van der Waals surface area (Å²) < 4.78 is 14.1. The lowest BCUT2D eigenvalue weighted by Gasteiger charge is -2.29. The van der Waals surface area contributed by atoms with Gasteiger partial charge in [-0.2, -0.15) is 0 Å². The van der Waals surface area contributed by atoms with E-state index in [4.69, 9.17) is 9.47 Å². The van der Waals surface area contributed by atoms with E-state index in [1.165, 1.54) is 6.08 Å². The fourth-order valence-electron chi connectivity index (χ4n) is 1.84. The molecule has 0 saturated heterocycles. The highest BCUT2D eigenvalue weighted by Gasteiger charge is 2.44. The van der Waals surface area contributed by atoms with Crippen LogP contribution in [0.25, 0.3) is 0 Å². The molecular weight excluding hydrogens is 296 g/mol. The highest BCUT2D eigenvalue weighted by Crippen LogP contribution is 2.27. The quantitative estimate of drug-likeness (QED) is 0.548. The van der Waals surface area contributed by atoms with Crippen molar-refractivity contribution in [2.75, 3.05) is 7.11 Å². The van der Waals surface area contributed by atoms with Crippen LogP contribution < -0.4 is 0 Å². The van der Waals surface area contributed by atoms with Crippen molar-refractivity contribution in [2.24, 2.45) is 0 Å². The van der Waals surface area contributed by atoms with Crippen molar-refractivity contribution < 1.29 is 38.5 Å². The summed E-state index contributed by atoms with van der Waals surface area (Å²) in [7, 11) is 1.11. The van der Waals surface area contributed by atoms with Crippen molar-refractivity contribution in [2.45, 2.75) is 32.2 Å². The number of esters is 3. The largest absolute Gasteiger partial charge is 0.467 e. The SMILES string of the molecule is COC(=O)[C@@H](O)CC1=CC(OC(C)=O)(OC(C)=O)C(=O)C=C1. The van der Waals surface area contributed by atoms with Gasteiger partial charge in [-0.1, -0.05) is 6.08 Å². The van der Waals surface area contributed by atoms with E-state index in [2.05, 4.69) is 4.74 Å². The number of methoxy groups -OCH3 is 1. The summed E-state index contributed by atoms with van der Waals surface area (Å²) in [6, 6.07) is 0. The van der Waals surface area contributed by atoms with E-state index in [1.807, 2.05) is 0 Å². The molecule has 0 unspecified atom stereocenters. The van der Waals surface area contributed by atoms with E-state index in [9.17, 15) is 24.3 Å². The van der Waals surface area contributed by atoms with Gasteiger partial charge >= 0.3 is 23.7 Å². The Kier molecular flexibility index (Phi) is 5.58. The first kappa shape index (κ1) is 17.6. The summed E-state index contributed by atoms with van der Waals surface area (Å²) in [5.74, 6) is -5.54. The van der Waals surface area contributed by atoms with Crippen LogP contribution in [-0.2, 0) is 33.4 Å². The maximum absolute atomic E-state index is 12.0. The molecule has 0 aromatic carbocycles. The number of carbonyl (C=O) groups is 4.